The van der Waals surface area contributed by atoms with Crippen molar-refractivity contribution in [1.29, 1.82) is 0 Å². The van der Waals surface area contributed by atoms with E-state index in [0.29, 0.717) is 0 Å². The lowest BCUT2D eigenvalue weighted by Crippen LogP contribution is -2.12. The molecule has 0 atom stereocenters. The smallest absolute Gasteiger partial charge is 0.343 e. The molecule has 0 unspecified atom stereocenters. The Hall–Kier alpha value is -6.82. The highest BCUT2D eigenvalue weighted by molar-refractivity contribution is 5.95. The van der Waals surface area contributed by atoms with Gasteiger partial charge in [0.25, 0.3) is 0 Å². The molecule has 4 aromatic rings. The minimum absolute atomic E-state index is 0.146. The van der Waals surface area contributed by atoms with Crippen LogP contribution in [0.3, 0.4) is 0 Å². The Bertz CT molecular complexity index is 1690. The Kier molecular flexibility index (Phi) is 11.7. The molecule has 0 amide bonds. The fourth-order valence-corrected chi connectivity index (χ4v) is 3.81. The molecule has 48 heavy (non-hydrogen) atoms. The Morgan fingerprint density at radius 2 is 0.708 bits per heavy atom. The van der Waals surface area contributed by atoms with Crippen molar-refractivity contribution in [2.45, 2.75) is 0 Å². The van der Waals surface area contributed by atoms with Crippen molar-refractivity contribution in [2.75, 3.05) is 13.6 Å². The summed E-state index contributed by atoms with van der Waals surface area (Å²) in [4.78, 5) is 71.3. The quantitative estimate of drug-likeness (QED) is 0.0778. The fraction of sp³-hybridized carbons (Fsp3) is 0.0556. The second kappa shape index (κ2) is 16.5. The molecule has 0 saturated heterocycles. The largest absolute Gasteiger partial charge is 0.425 e. The summed E-state index contributed by atoms with van der Waals surface area (Å²) in [5, 5.41) is 0. The van der Waals surface area contributed by atoms with Crippen molar-refractivity contribution in [3.63, 3.8) is 0 Å². The average Bonchev–Trinajstić information content (AvgIpc) is 3.12. The van der Waals surface area contributed by atoms with Gasteiger partial charge in [-0.1, -0.05) is 37.4 Å². The molecule has 12 nitrogen and oxygen atoms in total. The van der Waals surface area contributed by atoms with Gasteiger partial charge in [-0.05, 0) is 83.9 Å². The highest BCUT2D eigenvalue weighted by Gasteiger charge is 2.14. The first-order valence-electron chi connectivity index (χ1n) is 13.9. The molecule has 0 aliphatic heterocycles. The molecule has 0 aliphatic carbocycles. The van der Waals surface area contributed by atoms with Crippen molar-refractivity contribution in [3.05, 3.63) is 145 Å². The predicted octanol–water partition coefficient (Wildman–Crippen LogP) is 5.48. The first kappa shape index (κ1) is 34.1. The van der Waals surface area contributed by atoms with Gasteiger partial charge in [0, 0.05) is 12.2 Å². The van der Waals surface area contributed by atoms with E-state index in [-0.39, 0.29) is 33.8 Å². The fourth-order valence-electron chi connectivity index (χ4n) is 3.81. The van der Waals surface area contributed by atoms with Crippen LogP contribution in [0.25, 0.3) is 11.1 Å². The lowest BCUT2D eigenvalue weighted by atomic mass is 10.1. The van der Waals surface area contributed by atoms with Crippen LogP contribution in [0.4, 0.5) is 0 Å². The van der Waals surface area contributed by atoms with Crippen LogP contribution in [0.5, 0.6) is 11.5 Å². The molecule has 0 radical (unpaired) electrons. The van der Waals surface area contributed by atoms with Crippen LogP contribution in [-0.4, -0.2) is 49.4 Å². The summed E-state index contributed by atoms with van der Waals surface area (Å²) in [5.74, 6) is -3.66. The average molecular weight is 651 g/mol. The van der Waals surface area contributed by atoms with E-state index in [1.165, 1.54) is 48.5 Å². The topological polar surface area (TPSA) is 158 Å². The molecule has 242 valence electrons. The number of carbonyl (C=O) groups excluding carboxylic acids is 6. The minimum Gasteiger partial charge on any atom is -0.425 e. The maximum atomic E-state index is 12.6. The summed E-state index contributed by atoms with van der Waals surface area (Å²) in [6, 6.07) is 24.6. The second-order valence-electron chi connectivity index (χ2n) is 9.42. The maximum absolute atomic E-state index is 12.6. The van der Waals surface area contributed by atoms with Gasteiger partial charge in [0.05, 0.1) is 22.3 Å². The third-order valence-corrected chi connectivity index (χ3v) is 6.29. The van der Waals surface area contributed by atoms with E-state index in [2.05, 4.69) is 22.6 Å². The van der Waals surface area contributed by atoms with E-state index in [0.717, 1.165) is 23.3 Å². The Morgan fingerprint density at radius 3 is 1.00 bits per heavy atom. The van der Waals surface area contributed by atoms with Crippen molar-refractivity contribution in [3.8, 4) is 22.6 Å². The standard InChI is InChI=1S/C36H26O12/c1-3-31(37)43-21-45-33(39)25-5-9-27(10-6-25)35(41)47-29-17-13-23(14-18-29)24-15-19-30(20-16-24)48-36(42)28-11-7-26(8-12-28)34(40)46-22-44-32(38)4-2/h3-20H,1-2,21-22H2. The molecule has 0 N–H and O–H groups in total. The van der Waals surface area contributed by atoms with E-state index in [1.54, 1.807) is 48.5 Å². The van der Waals surface area contributed by atoms with Crippen molar-refractivity contribution in [1.82, 2.24) is 0 Å². The summed E-state index contributed by atoms with van der Waals surface area (Å²) in [7, 11) is 0. The van der Waals surface area contributed by atoms with Gasteiger partial charge in [0.1, 0.15) is 11.5 Å². The number of hydrogen-bond acceptors (Lipinski definition) is 12. The Balaban J connectivity index is 1.27. The van der Waals surface area contributed by atoms with Gasteiger partial charge in [0.15, 0.2) is 0 Å². The number of hydrogen-bond donors (Lipinski definition) is 0. The van der Waals surface area contributed by atoms with E-state index < -0.39 is 49.4 Å². The first-order chi connectivity index (χ1) is 23.2. The molecule has 12 heteroatoms. The van der Waals surface area contributed by atoms with Crippen LogP contribution in [0.1, 0.15) is 41.4 Å². The summed E-state index contributed by atoms with van der Waals surface area (Å²) >= 11 is 0. The molecular formula is C36H26O12. The summed E-state index contributed by atoms with van der Waals surface area (Å²) in [5.41, 5.74) is 2.29. The molecule has 0 heterocycles. The van der Waals surface area contributed by atoms with E-state index in [9.17, 15) is 28.8 Å². The zero-order chi connectivity index (χ0) is 34.5. The zero-order valence-electron chi connectivity index (χ0n) is 25.1. The Labute approximate surface area is 273 Å². The van der Waals surface area contributed by atoms with Gasteiger partial charge in [-0.3, -0.25) is 0 Å². The van der Waals surface area contributed by atoms with Gasteiger partial charge in [-0.25, -0.2) is 28.8 Å². The van der Waals surface area contributed by atoms with Crippen LogP contribution >= 0.6 is 0 Å². The van der Waals surface area contributed by atoms with Gasteiger partial charge in [0.2, 0.25) is 13.6 Å². The monoisotopic (exact) mass is 650 g/mol. The SMILES string of the molecule is C=CC(=O)OCOC(=O)c1ccc(C(=O)Oc2ccc(-c3ccc(OC(=O)c4ccc(C(=O)OCOC(=O)C=C)cc4)cc3)cc2)cc1. The summed E-state index contributed by atoms with van der Waals surface area (Å²) in [6.07, 6.45) is 1.87. The molecule has 0 aliphatic rings. The van der Waals surface area contributed by atoms with E-state index in [1.807, 2.05) is 0 Å². The van der Waals surface area contributed by atoms with Gasteiger partial charge < -0.3 is 28.4 Å². The molecule has 0 spiro atoms. The highest BCUT2D eigenvalue weighted by Crippen LogP contribution is 2.25. The number of benzene rings is 4. The van der Waals surface area contributed by atoms with Crippen molar-refractivity contribution >= 4 is 35.8 Å². The number of ether oxygens (including phenoxy) is 6. The molecule has 0 saturated carbocycles. The third-order valence-electron chi connectivity index (χ3n) is 6.29. The lowest BCUT2D eigenvalue weighted by Gasteiger charge is -2.09. The highest BCUT2D eigenvalue weighted by atomic mass is 16.7. The number of carbonyl (C=O) groups is 6. The number of esters is 6. The summed E-state index contributed by atoms with van der Waals surface area (Å²) < 4.78 is 29.7. The molecule has 0 aromatic heterocycles. The van der Waals surface area contributed by atoms with Gasteiger partial charge in [-0.2, -0.15) is 0 Å². The molecule has 4 rings (SSSR count). The van der Waals surface area contributed by atoms with E-state index in [4.69, 9.17) is 18.9 Å². The molecular weight excluding hydrogens is 624 g/mol. The number of rotatable bonds is 13. The van der Waals surface area contributed by atoms with Crippen LogP contribution in [-0.2, 0) is 28.5 Å². The Morgan fingerprint density at radius 1 is 0.417 bits per heavy atom. The minimum atomic E-state index is -0.743. The third kappa shape index (κ3) is 9.59. The maximum Gasteiger partial charge on any atom is 0.343 e. The van der Waals surface area contributed by atoms with Crippen molar-refractivity contribution in [2.24, 2.45) is 0 Å². The van der Waals surface area contributed by atoms with Gasteiger partial charge >= 0.3 is 35.8 Å². The van der Waals surface area contributed by atoms with Crippen LogP contribution in [0, 0.1) is 0 Å². The van der Waals surface area contributed by atoms with Crippen molar-refractivity contribution < 1.29 is 57.2 Å². The second-order valence-corrected chi connectivity index (χ2v) is 9.42. The lowest BCUT2D eigenvalue weighted by molar-refractivity contribution is -0.147. The predicted molar refractivity (Wildman–Crippen MR) is 168 cm³/mol. The van der Waals surface area contributed by atoms with E-state index >= 15 is 0 Å². The molecule has 0 fully saturated rings. The van der Waals surface area contributed by atoms with Crippen LogP contribution < -0.4 is 9.47 Å². The normalized spacial score (nSPS) is 10.1. The van der Waals surface area contributed by atoms with Crippen LogP contribution in [0.15, 0.2) is 122 Å². The van der Waals surface area contributed by atoms with Gasteiger partial charge in [-0.15, -0.1) is 0 Å². The zero-order valence-corrected chi connectivity index (χ0v) is 25.1. The summed E-state index contributed by atoms with van der Waals surface area (Å²) in [6.45, 7) is 5.33. The molecule has 4 aromatic carbocycles. The molecule has 0 bridgehead atoms. The van der Waals surface area contributed by atoms with Crippen LogP contribution in [0.2, 0.25) is 0 Å². The first-order valence-corrected chi connectivity index (χ1v) is 13.9.